The van der Waals surface area contributed by atoms with Gasteiger partial charge in [-0.15, -0.1) is 0 Å². The molecule has 696 valence electrons. The normalized spacial score (nSPS) is 13.9. The maximum absolute atomic E-state index is 11.9. The van der Waals surface area contributed by atoms with Crippen molar-refractivity contribution in [1.82, 2.24) is 26.6 Å². The zero-order valence-corrected chi connectivity index (χ0v) is 75.9. The number of carbonyl (C=O) groups is 6. The van der Waals surface area contributed by atoms with Crippen LogP contribution in [0.3, 0.4) is 0 Å². The Morgan fingerprint density at radius 3 is 0.859 bits per heavy atom. The van der Waals surface area contributed by atoms with Gasteiger partial charge in [0.25, 0.3) is 11.8 Å². The molecule has 0 spiro atoms. The van der Waals surface area contributed by atoms with Crippen molar-refractivity contribution in [3.05, 3.63) is 209 Å². The van der Waals surface area contributed by atoms with Crippen molar-refractivity contribution in [2.24, 2.45) is 35.3 Å². The summed E-state index contributed by atoms with van der Waals surface area (Å²) in [6.45, 7) is 24.1. The number of hydrogen-bond acceptors (Lipinski definition) is 24. The Kier molecular flexibility index (Phi) is 44.2. The lowest BCUT2D eigenvalue weighted by Gasteiger charge is -2.41. The summed E-state index contributed by atoms with van der Waals surface area (Å²) < 4.78 is 83.2. The third kappa shape index (κ3) is 41.0. The van der Waals surface area contributed by atoms with E-state index in [1.807, 2.05) is 114 Å². The van der Waals surface area contributed by atoms with Gasteiger partial charge in [0.15, 0.2) is 19.8 Å². The highest BCUT2D eigenvalue weighted by atomic mass is 35.5. The molecule has 5 aliphatic heterocycles. The molecule has 30 nitrogen and oxygen atoms in total. The number of halogens is 6. The first-order chi connectivity index (χ1) is 60.8. The first-order valence-electron chi connectivity index (χ1n) is 40.9. The predicted octanol–water partition coefficient (Wildman–Crippen LogP) is 12.2. The predicted molar refractivity (Wildman–Crippen MR) is 490 cm³/mol. The van der Waals surface area contributed by atoms with Gasteiger partial charge in [-0.2, -0.15) is 13.2 Å². The Morgan fingerprint density at radius 1 is 0.391 bits per heavy atom. The van der Waals surface area contributed by atoms with E-state index in [4.69, 9.17) is 113 Å². The molecule has 11 N–H and O–H groups in total. The second-order valence-corrected chi connectivity index (χ2v) is 32.9. The van der Waals surface area contributed by atoms with Gasteiger partial charge in [0.1, 0.15) is 57.2 Å². The fourth-order valence-corrected chi connectivity index (χ4v) is 12.2. The largest absolute Gasteiger partial charge is 0.497 e. The molecule has 0 unspecified atom stereocenters. The van der Waals surface area contributed by atoms with Crippen LogP contribution in [-0.2, 0) is 28.7 Å². The van der Waals surface area contributed by atoms with Gasteiger partial charge in [0, 0.05) is 159 Å². The molecule has 5 fully saturated rings. The number of carboxylic acid groups (broad SMARTS) is 2. The van der Waals surface area contributed by atoms with E-state index < -0.39 is 36.4 Å². The molecule has 0 aromatic heterocycles. The molecule has 5 heterocycles. The molecule has 8 aromatic carbocycles. The number of nitrogens with two attached hydrogens (primary N) is 1. The highest BCUT2D eigenvalue weighted by Gasteiger charge is 2.38. The molecule has 0 aliphatic carbocycles. The van der Waals surface area contributed by atoms with Gasteiger partial charge in [0.05, 0.1) is 35.5 Å². The number of alkyl carbamates (subject to hydrolysis) is 2. The summed E-state index contributed by atoms with van der Waals surface area (Å²) in [5, 5.41) is 49.2. The fraction of sp³-hybridized carbons (Fsp3) is 0.407. The van der Waals surface area contributed by atoms with Crippen LogP contribution in [0.2, 0.25) is 15.1 Å². The number of methoxy groups -OCH3 is 5. The molecule has 0 bridgehead atoms. The zero-order valence-electron chi connectivity index (χ0n) is 73.6. The van der Waals surface area contributed by atoms with Crippen molar-refractivity contribution in [3.63, 3.8) is 0 Å². The van der Waals surface area contributed by atoms with Crippen LogP contribution in [-0.4, -0.2) is 234 Å². The van der Waals surface area contributed by atoms with Crippen LogP contribution in [0.25, 0.3) is 0 Å². The number of nitrogens with one attached hydrogen (secondary N) is 5. The van der Waals surface area contributed by atoms with E-state index in [-0.39, 0.29) is 43.8 Å². The zero-order chi connectivity index (χ0) is 93.9. The topological polar surface area (TPSA) is 375 Å². The van der Waals surface area contributed by atoms with Crippen LogP contribution < -0.4 is 95.3 Å². The van der Waals surface area contributed by atoms with Crippen molar-refractivity contribution in [3.8, 4) is 46.0 Å². The van der Waals surface area contributed by atoms with Crippen molar-refractivity contribution < 1.29 is 110 Å². The number of carboxylic acids is 2. The van der Waals surface area contributed by atoms with Crippen LogP contribution in [0.15, 0.2) is 194 Å². The van der Waals surface area contributed by atoms with Gasteiger partial charge < -0.3 is 120 Å². The number of carbonyl (C=O) groups excluding carboxylic acids is 4. The minimum Gasteiger partial charge on any atom is -0.497 e. The molecule has 0 radical (unpaired) electrons. The van der Waals surface area contributed by atoms with Crippen LogP contribution in [0.5, 0.6) is 46.0 Å². The van der Waals surface area contributed by atoms with Crippen molar-refractivity contribution in [2.45, 2.75) is 58.9 Å². The Labute approximate surface area is 760 Å². The number of amides is 4. The van der Waals surface area contributed by atoms with E-state index in [1.54, 1.807) is 133 Å². The Balaban J connectivity index is 0.000000232. The summed E-state index contributed by atoms with van der Waals surface area (Å²) in [5.74, 6) is 4.62. The van der Waals surface area contributed by atoms with Gasteiger partial charge in [-0.25, -0.2) is 19.2 Å². The van der Waals surface area contributed by atoms with Gasteiger partial charge in [0.2, 0.25) is 0 Å². The summed E-state index contributed by atoms with van der Waals surface area (Å²) in [4.78, 5) is 74.6. The molecular formula is C91H117BCl3F3N10O20. The molecule has 0 saturated carbocycles. The fourth-order valence-electron chi connectivity index (χ4n) is 11.8. The quantitative estimate of drug-likeness (QED) is 0.0204. The lowest BCUT2D eigenvalue weighted by Crippen LogP contribution is -2.51. The molecule has 128 heavy (non-hydrogen) atoms. The van der Waals surface area contributed by atoms with Gasteiger partial charge in [-0.3, -0.25) is 9.59 Å². The highest BCUT2D eigenvalue weighted by Crippen LogP contribution is 2.31. The van der Waals surface area contributed by atoms with Gasteiger partial charge >= 0.3 is 37.4 Å². The van der Waals surface area contributed by atoms with E-state index >= 15 is 0 Å². The average Bonchev–Trinajstić information content (AvgIpc) is 0.830. The third-order valence-corrected chi connectivity index (χ3v) is 19.8. The van der Waals surface area contributed by atoms with Crippen molar-refractivity contribution >= 4 is 106 Å². The minimum atomic E-state index is -5.08. The van der Waals surface area contributed by atoms with E-state index in [0.717, 1.165) is 95.0 Å². The van der Waals surface area contributed by atoms with Gasteiger partial charge in [-0.1, -0.05) is 46.9 Å². The Bertz CT molecular complexity index is 4460. The summed E-state index contributed by atoms with van der Waals surface area (Å²) in [5.41, 5.74) is 9.99. The number of hydrogen-bond donors (Lipinski definition) is 10. The summed E-state index contributed by atoms with van der Waals surface area (Å²) in [7, 11) is 6.83. The molecule has 5 aliphatic rings. The number of rotatable bonds is 28. The smallest absolute Gasteiger partial charge is 0.490 e. The molecule has 37 heteroatoms. The monoisotopic (exact) mass is 1840 g/mol. The lowest BCUT2D eigenvalue weighted by atomic mass is 9.80. The van der Waals surface area contributed by atoms with Crippen molar-refractivity contribution in [2.75, 3.05) is 173 Å². The molecule has 0 atom stereocenters. The number of alkyl halides is 3. The maximum atomic E-state index is 11.9. The molecule has 8 aromatic rings. The highest BCUT2D eigenvalue weighted by molar-refractivity contribution is 6.58. The molecule has 5 saturated heterocycles. The first-order valence-corrected chi connectivity index (χ1v) is 42.1. The number of nitrogens with zero attached hydrogens (tertiary/aromatic N) is 4. The standard InChI is InChI=1S/2C19H21ClN2O3.C16H24N2O3.C11H16N2O.C9H18N2O2.C8H7ClO3.C7H9BO3.C2HF3O2/c2*1-24-17-8-4-16(5-9-17)22-11-14(12-22)10-21-19(23)13-25-18-6-2-15(20)3-7-18;1-16(2,3)21-15(19)17-9-12-10-18(11-12)13-5-7-14(20-4)8-6-13;1-14-11-4-2-10(3-5-11)13-7-9(6-12)8-13;1-9(2,3)13-8(12)11-6-7-4-10-5-7;9-6-1-3-7(4-2-6)12-5-8(10)11;1-11-7-4-2-6(3-5-7)8(9)10;3-2(4,5)1(6)7/h2*2-9,14H,10-13H2,1H3,(H,21,23);5-8,12H,9-11H2,1-4H3,(H,17,19);2-5,9H,6-8,12H2,1H3;7,10H,4-6H2,1-3H3,(H,11,12);1-4H,5H2,(H,10,11);2-5,9-10H,1H3;(H,6,7). The van der Waals surface area contributed by atoms with Crippen LogP contribution in [0.4, 0.5) is 45.5 Å². The SMILES string of the molecule is CC(C)(C)OC(=O)NCC1CNC1.COc1ccc(B(O)O)cc1.COc1ccc(N2CC(CN)C2)cc1.COc1ccc(N2CC(CNC(=O)COc3ccc(Cl)cc3)C2)cc1.COc1ccc(N2CC(CNC(=O)COc3ccc(Cl)cc3)C2)cc1.COc1ccc(N2CC(CNC(=O)OC(C)(C)C)C2)cc1.O=C(O)C(F)(F)F.O=C(O)COc1ccc(Cl)cc1. The Hall–Kier alpha value is -11.7. The molecule has 4 amide bonds. The second kappa shape index (κ2) is 53.9. The van der Waals surface area contributed by atoms with Gasteiger partial charge in [-0.05, 0) is 236 Å². The summed E-state index contributed by atoms with van der Waals surface area (Å²) >= 11 is 17.2. The number of ether oxygens (including phenoxy) is 10. The van der Waals surface area contributed by atoms with E-state index in [2.05, 4.69) is 70.4 Å². The third-order valence-electron chi connectivity index (χ3n) is 19.0. The second-order valence-electron chi connectivity index (χ2n) is 31.6. The maximum Gasteiger partial charge on any atom is 0.490 e. The number of aliphatic carboxylic acids is 2. The van der Waals surface area contributed by atoms with Crippen LogP contribution in [0.1, 0.15) is 41.5 Å². The van der Waals surface area contributed by atoms with E-state index in [9.17, 15) is 37.1 Å². The number of benzene rings is 8. The average molecular weight is 1850 g/mol. The van der Waals surface area contributed by atoms with Crippen LogP contribution in [0, 0.1) is 29.6 Å². The molecular weight excluding hydrogens is 1730 g/mol. The summed E-state index contributed by atoms with van der Waals surface area (Å²) in [6.07, 6.45) is -5.75. The van der Waals surface area contributed by atoms with E-state index in [1.165, 1.54) is 22.7 Å². The Morgan fingerprint density at radius 2 is 0.633 bits per heavy atom. The van der Waals surface area contributed by atoms with E-state index in [0.29, 0.717) is 99.3 Å². The number of anilines is 4. The minimum absolute atomic E-state index is 0.0105. The molecule has 13 rings (SSSR count). The summed E-state index contributed by atoms with van der Waals surface area (Å²) in [6, 6.07) is 59.2. The lowest BCUT2D eigenvalue weighted by molar-refractivity contribution is -0.192. The van der Waals surface area contributed by atoms with Crippen LogP contribution >= 0.6 is 34.8 Å². The first kappa shape index (κ1) is 105. The van der Waals surface area contributed by atoms with Crippen molar-refractivity contribution in [1.29, 1.82) is 0 Å².